The minimum absolute atomic E-state index is 0.00731. The number of epoxide rings is 1. The normalized spacial score (nSPS) is 18.7. The number of rotatable bonds is 18. The number of carbonyl (C=O) groups is 2. The summed E-state index contributed by atoms with van der Waals surface area (Å²) in [6.45, 7) is 9.42. The monoisotopic (exact) mass is 411 g/mol. The summed E-state index contributed by atoms with van der Waals surface area (Å²) in [5.41, 5.74) is 0. The van der Waals surface area contributed by atoms with Gasteiger partial charge in [0.2, 0.25) is 5.91 Å². The van der Waals surface area contributed by atoms with E-state index in [1.165, 1.54) is 45.4 Å². The molecule has 1 saturated heterocycles. The van der Waals surface area contributed by atoms with Gasteiger partial charge in [0.05, 0.1) is 12.7 Å². The van der Waals surface area contributed by atoms with Crippen LogP contribution in [0.25, 0.3) is 0 Å². The molecule has 0 aromatic heterocycles. The standard InChI is InChI=1S/C24H45NO4/c1-5-7-8-9-10-11-13-21(17-22(6-2)29-20(4)26)16-19(3)24(27)25-15-12-14-23-18-28-23/h19,21-23H,5-18H2,1-4H3,(H,25,27). The van der Waals surface area contributed by atoms with E-state index < -0.39 is 0 Å². The maximum Gasteiger partial charge on any atom is 0.302 e. The first-order valence-electron chi connectivity index (χ1n) is 12.0. The Kier molecular flexibility index (Phi) is 14.0. The van der Waals surface area contributed by atoms with E-state index in [-0.39, 0.29) is 23.9 Å². The summed E-state index contributed by atoms with van der Waals surface area (Å²) in [6, 6.07) is 0. The molecule has 0 aliphatic carbocycles. The van der Waals surface area contributed by atoms with E-state index in [0.29, 0.717) is 12.0 Å². The predicted molar refractivity (Wildman–Crippen MR) is 118 cm³/mol. The molecule has 1 N–H and O–H groups in total. The Balaban J connectivity index is 2.41. The van der Waals surface area contributed by atoms with Crippen LogP contribution in [0.1, 0.15) is 105 Å². The average molecular weight is 412 g/mol. The fourth-order valence-corrected chi connectivity index (χ4v) is 4.01. The summed E-state index contributed by atoms with van der Waals surface area (Å²) in [6.07, 6.45) is 13.7. The first-order chi connectivity index (χ1) is 14.0. The second-order valence-corrected chi connectivity index (χ2v) is 8.82. The van der Waals surface area contributed by atoms with Gasteiger partial charge in [-0.25, -0.2) is 0 Å². The quantitative estimate of drug-likeness (QED) is 0.186. The zero-order chi connectivity index (χ0) is 21.5. The van der Waals surface area contributed by atoms with E-state index in [1.54, 1.807) is 0 Å². The summed E-state index contributed by atoms with van der Waals surface area (Å²) in [4.78, 5) is 23.9. The minimum Gasteiger partial charge on any atom is -0.463 e. The number of hydrogen-bond donors (Lipinski definition) is 1. The van der Waals surface area contributed by atoms with Gasteiger partial charge < -0.3 is 14.8 Å². The Labute approximate surface area is 178 Å². The highest BCUT2D eigenvalue weighted by molar-refractivity contribution is 5.78. The second-order valence-electron chi connectivity index (χ2n) is 8.82. The third-order valence-corrected chi connectivity index (χ3v) is 5.89. The summed E-state index contributed by atoms with van der Waals surface area (Å²) >= 11 is 0. The molecule has 29 heavy (non-hydrogen) atoms. The lowest BCUT2D eigenvalue weighted by Crippen LogP contribution is -2.32. The maximum absolute atomic E-state index is 12.5. The largest absolute Gasteiger partial charge is 0.463 e. The smallest absolute Gasteiger partial charge is 0.302 e. The molecule has 1 fully saturated rings. The number of esters is 1. The molecule has 170 valence electrons. The topological polar surface area (TPSA) is 67.9 Å². The molecule has 5 nitrogen and oxygen atoms in total. The van der Waals surface area contributed by atoms with E-state index in [0.717, 1.165) is 51.7 Å². The van der Waals surface area contributed by atoms with Gasteiger partial charge in [-0.1, -0.05) is 65.7 Å². The summed E-state index contributed by atoms with van der Waals surface area (Å²) in [5.74, 6) is 0.356. The molecule has 1 aliphatic heterocycles. The highest BCUT2D eigenvalue weighted by Crippen LogP contribution is 2.26. The molecule has 5 heteroatoms. The Morgan fingerprint density at radius 1 is 1.07 bits per heavy atom. The third kappa shape index (κ3) is 13.7. The Morgan fingerprint density at radius 2 is 1.76 bits per heavy atom. The fourth-order valence-electron chi connectivity index (χ4n) is 4.01. The number of amides is 1. The third-order valence-electron chi connectivity index (χ3n) is 5.89. The van der Waals surface area contributed by atoms with Gasteiger partial charge >= 0.3 is 5.97 Å². The molecule has 0 radical (unpaired) electrons. The van der Waals surface area contributed by atoms with Crippen LogP contribution in [0.3, 0.4) is 0 Å². The van der Waals surface area contributed by atoms with Gasteiger partial charge in [0.1, 0.15) is 6.10 Å². The van der Waals surface area contributed by atoms with Crippen LogP contribution in [-0.4, -0.2) is 37.2 Å². The number of nitrogens with one attached hydrogen (secondary N) is 1. The molecule has 1 aliphatic rings. The maximum atomic E-state index is 12.5. The van der Waals surface area contributed by atoms with Gasteiger partial charge in [-0.15, -0.1) is 0 Å². The van der Waals surface area contributed by atoms with Crippen LogP contribution in [0.4, 0.5) is 0 Å². The van der Waals surface area contributed by atoms with Crippen LogP contribution in [0.15, 0.2) is 0 Å². The van der Waals surface area contributed by atoms with Crippen LogP contribution in [0, 0.1) is 11.8 Å². The van der Waals surface area contributed by atoms with Crippen molar-refractivity contribution in [2.24, 2.45) is 11.8 Å². The predicted octanol–water partition coefficient (Wildman–Crippen LogP) is 5.41. The Hall–Kier alpha value is -1.10. The lowest BCUT2D eigenvalue weighted by atomic mass is 9.86. The first-order valence-corrected chi connectivity index (χ1v) is 12.0. The second kappa shape index (κ2) is 15.7. The van der Waals surface area contributed by atoms with E-state index in [2.05, 4.69) is 19.2 Å². The lowest BCUT2D eigenvalue weighted by Gasteiger charge is -2.25. The van der Waals surface area contributed by atoms with Crippen LogP contribution in [-0.2, 0) is 19.1 Å². The van der Waals surface area contributed by atoms with Crippen LogP contribution in [0.2, 0.25) is 0 Å². The van der Waals surface area contributed by atoms with Crippen molar-refractivity contribution in [2.45, 2.75) is 117 Å². The van der Waals surface area contributed by atoms with Gasteiger partial charge in [-0.3, -0.25) is 9.59 Å². The van der Waals surface area contributed by atoms with E-state index in [4.69, 9.17) is 9.47 Å². The van der Waals surface area contributed by atoms with Crippen molar-refractivity contribution in [1.82, 2.24) is 5.32 Å². The van der Waals surface area contributed by atoms with Crippen molar-refractivity contribution in [3.63, 3.8) is 0 Å². The van der Waals surface area contributed by atoms with Crippen molar-refractivity contribution in [2.75, 3.05) is 13.2 Å². The number of unbranched alkanes of at least 4 members (excludes halogenated alkanes) is 5. The van der Waals surface area contributed by atoms with Crippen LogP contribution < -0.4 is 5.32 Å². The van der Waals surface area contributed by atoms with Crippen molar-refractivity contribution >= 4 is 11.9 Å². The summed E-state index contributed by atoms with van der Waals surface area (Å²) in [5, 5.41) is 3.08. The molecule has 0 saturated carbocycles. The minimum atomic E-state index is -0.208. The number of hydrogen-bond acceptors (Lipinski definition) is 4. The number of ether oxygens (including phenoxy) is 2. The highest BCUT2D eigenvalue weighted by atomic mass is 16.6. The molecule has 1 rings (SSSR count). The highest BCUT2D eigenvalue weighted by Gasteiger charge is 2.24. The van der Waals surface area contributed by atoms with Crippen molar-refractivity contribution in [3.8, 4) is 0 Å². The molecular weight excluding hydrogens is 366 g/mol. The van der Waals surface area contributed by atoms with Crippen LogP contribution >= 0.6 is 0 Å². The zero-order valence-corrected chi connectivity index (χ0v) is 19.3. The van der Waals surface area contributed by atoms with Crippen molar-refractivity contribution in [3.05, 3.63) is 0 Å². The molecule has 0 bridgehead atoms. The zero-order valence-electron chi connectivity index (χ0n) is 19.3. The Bertz CT molecular complexity index is 450. The van der Waals surface area contributed by atoms with E-state index >= 15 is 0 Å². The molecule has 0 aromatic rings. The van der Waals surface area contributed by atoms with E-state index in [1.807, 2.05) is 6.92 Å². The van der Waals surface area contributed by atoms with Gasteiger partial charge in [0.15, 0.2) is 0 Å². The molecular formula is C24H45NO4. The van der Waals surface area contributed by atoms with Gasteiger partial charge in [0, 0.05) is 19.4 Å². The van der Waals surface area contributed by atoms with Crippen LogP contribution in [0.5, 0.6) is 0 Å². The SMILES string of the molecule is CCCCCCCCC(CC(CC)OC(C)=O)CC(C)C(=O)NCCCC1CO1. The molecule has 0 spiro atoms. The number of carbonyl (C=O) groups excluding carboxylic acids is 2. The van der Waals surface area contributed by atoms with Crippen molar-refractivity contribution < 1.29 is 19.1 Å². The summed E-state index contributed by atoms with van der Waals surface area (Å²) < 4.78 is 10.7. The molecule has 1 heterocycles. The van der Waals surface area contributed by atoms with Gasteiger partial charge in [0.25, 0.3) is 0 Å². The Morgan fingerprint density at radius 3 is 2.38 bits per heavy atom. The lowest BCUT2D eigenvalue weighted by molar-refractivity contribution is -0.147. The fraction of sp³-hybridized carbons (Fsp3) is 0.917. The molecule has 0 aromatic carbocycles. The average Bonchev–Trinajstić information content (AvgIpc) is 3.50. The first kappa shape index (κ1) is 25.9. The van der Waals surface area contributed by atoms with Gasteiger partial charge in [-0.05, 0) is 38.0 Å². The molecule has 4 atom stereocenters. The molecule has 1 amide bonds. The van der Waals surface area contributed by atoms with E-state index in [9.17, 15) is 9.59 Å². The molecule has 4 unspecified atom stereocenters. The van der Waals surface area contributed by atoms with Gasteiger partial charge in [-0.2, -0.15) is 0 Å². The van der Waals surface area contributed by atoms with Crippen molar-refractivity contribution in [1.29, 1.82) is 0 Å². The summed E-state index contributed by atoms with van der Waals surface area (Å²) in [7, 11) is 0.